The van der Waals surface area contributed by atoms with Crippen LogP contribution in [0, 0.1) is 5.82 Å². The van der Waals surface area contributed by atoms with E-state index in [-0.39, 0.29) is 10.6 Å². The van der Waals surface area contributed by atoms with Crippen LogP contribution in [0.25, 0.3) is 0 Å². The van der Waals surface area contributed by atoms with Crippen molar-refractivity contribution in [3.05, 3.63) is 62.3 Å². The summed E-state index contributed by atoms with van der Waals surface area (Å²) in [5.41, 5.74) is 0.330. The largest absolute Gasteiger partial charge is 0.321 e. The van der Waals surface area contributed by atoms with Gasteiger partial charge in [-0.25, -0.2) is 4.39 Å². The molecule has 0 fully saturated rings. The molecule has 1 N–H and O–H groups in total. The maximum absolute atomic E-state index is 13.5. The normalized spacial score (nSPS) is 10.3. The van der Waals surface area contributed by atoms with Gasteiger partial charge in [0.25, 0.3) is 5.91 Å². The number of halogens is 4. The second-order valence-corrected chi connectivity index (χ2v) is 5.32. The van der Waals surface area contributed by atoms with E-state index in [1.807, 2.05) is 0 Å². The molecule has 0 unspecified atom stereocenters. The van der Waals surface area contributed by atoms with Crippen LogP contribution in [0.5, 0.6) is 0 Å². The van der Waals surface area contributed by atoms with Gasteiger partial charge in [-0.1, -0.05) is 29.3 Å². The van der Waals surface area contributed by atoms with E-state index in [0.29, 0.717) is 15.2 Å². The van der Waals surface area contributed by atoms with Crippen molar-refractivity contribution < 1.29 is 9.18 Å². The molecule has 6 heteroatoms. The Bertz CT molecular complexity index is 649. The lowest BCUT2D eigenvalue weighted by molar-refractivity contribution is 0.102. The molecule has 0 spiro atoms. The van der Waals surface area contributed by atoms with Gasteiger partial charge in [0.05, 0.1) is 20.7 Å². The predicted octanol–water partition coefficient (Wildman–Crippen LogP) is 5.15. The summed E-state index contributed by atoms with van der Waals surface area (Å²) in [6.45, 7) is 0. The Hall–Kier alpha value is -1.10. The Labute approximate surface area is 127 Å². The molecule has 0 radical (unpaired) electrons. The van der Waals surface area contributed by atoms with Crippen molar-refractivity contribution in [3.8, 4) is 0 Å². The molecular weight excluding hydrogens is 356 g/mol. The highest BCUT2D eigenvalue weighted by molar-refractivity contribution is 9.10. The minimum atomic E-state index is -0.639. The molecule has 19 heavy (non-hydrogen) atoms. The first-order chi connectivity index (χ1) is 8.99. The van der Waals surface area contributed by atoms with Gasteiger partial charge in [0, 0.05) is 5.02 Å². The zero-order valence-corrected chi connectivity index (χ0v) is 12.5. The van der Waals surface area contributed by atoms with Gasteiger partial charge in [-0.3, -0.25) is 4.79 Å². The van der Waals surface area contributed by atoms with Crippen molar-refractivity contribution in [1.29, 1.82) is 0 Å². The third-order valence-corrected chi connectivity index (χ3v) is 4.01. The molecular formula is C13H7BrCl2FNO. The van der Waals surface area contributed by atoms with Gasteiger partial charge < -0.3 is 5.32 Å². The predicted molar refractivity (Wildman–Crippen MR) is 78.5 cm³/mol. The average Bonchev–Trinajstić information content (AvgIpc) is 2.38. The van der Waals surface area contributed by atoms with Gasteiger partial charge in [-0.05, 0) is 46.3 Å². The van der Waals surface area contributed by atoms with Gasteiger partial charge in [0.15, 0.2) is 0 Å². The number of carbonyl (C=O) groups excluding carboxylic acids is 1. The summed E-state index contributed by atoms with van der Waals surface area (Å²) in [5, 5.41) is 3.30. The zero-order chi connectivity index (χ0) is 14.0. The van der Waals surface area contributed by atoms with Crippen molar-refractivity contribution in [1.82, 2.24) is 0 Å². The van der Waals surface area contributed by atoms with Crippen LogP contribution in [0.1, 0.15) is 10.4 Å². The molecule has 2 aromatic carbocycles. The molecule has 2 rings (SSSR count). The fourth-order valence-electron chi connectivity index (χ4n) is 1.46. The number of hydrogen-bond donors (Lipinski definition) is 1. The van der Waals surface area contributed by atoms with E-state index < -0.39 is 11.7 Å². The summed E-state index contributed by atoms with van der Waals surface area (Å²) in [7, 11) is 0. The van der Waals surface area contributed by atoms with E-state index >= 15 is 0 Å². The van der Waals surface area contributed by atoms with E-state index in [0.717, 1.165) is 6.07 Å². The Morgan fingerprint density at radius 3 is 2.68 bits per heavy atom. The summed E-state index contributed by atoms with van der Waals surface area (Å²) in [6, 6.07) is 8.78. The van der Waals surface area contributed by atoms with E-state index in [1.165, 1.54) is 12.1 Å². The van der Waals surface area contributed by atoms with Crippen LogP contribution in [-0.4, -0.2) is 5.91 Å². The van der Waals surface area contributed by atoms with Crippen LogP contribution in [0.3, 0.4) is 0 Å². The molecule has 0 bridgehead atoms. The molecule has 0 heterocycles. The lowest BCUT2D eigenvalue weighted by Gasteiger charge is -2.09. The van der Waals surface area contributed by atoms with Crippen molar-refractivity contribution in [3.63, 3.8) is 0 Å². The monoisotopic (exact) mass is 361 g/mol. The summed E-state index contributed by atoms with van der Waals surface area (Å²) >= 11 is 14.9. The minimum absolute atomic E-state index is 0.126. The van der Waals surface area contributed by atoms with E-state index in [4.69, 9.17) is 23.2 Å². The van der Waals surface area contributed by atoms with Crippen LogP contribution in [0.2, 0.25) is 10.0 Å². The first-order valence-corrected chi connectivity index (χ1v) is 6.74. The average molecular weight is 363 g/mol. The first-order valence-electron chi connectivity index (χ1n) is 5.19. The molecule has 0 saturated carbocycles. The fourth-order valence-corrected chi connectivity index (χ4v) is 2.17. The fraction of sp³-hybridized carbons (Fsp3) is 0. The van der Waals surface area contributed by atoms with Crippen LogP contribution in [-0.2, 0) is 0 Å². The number of benzene rings is 2. The summed E-state index contributed by atoms with van der Waals surface area (Å²) in [5.74, 6) is -1.23. The van der Waals surface area contributed by atoms with Crippen LogP contribution in [0.4, 0.5) is 10.1 Å². The SMILES string of the molecule is O=C(Nc1cccc(Cl)c1Br)c1cc(Cl)ccc1F. The number of carbonyl (C=O) groups is 1. The standard InChI is InChI=1S/C13H7BrCl2FNO/c14-12-9(16)2-1-3-11(12)18-13(19)8-6-7(15)4-5-10(8)17/h1-6H,(H,18,19). The maximum atomic E-state index is 13.5. The van der Waals surface area contributed by atoms with Gasteiger partial charge in [0.1, 0.15) is 5.82 Å². The highest BCUT2D eigenvalue weighted by atomic mass is 79.9. The second-order valence-electron chi connectivity index (χ2n) is 3.68. The third-order valence-electron chi connectivity index (χ3n) is 2.37. The molecule has 0 atom stereocenters. The molecule has 0 aliphatic rings. The van der Waals surface area contributed by atoms with Crippen molar-refractivity contribution in [2.45, 2.75) is 0 Å². The lowest BCUT2D eigenvalue weighted by atomic mass is 10.2. The summed E-state index contributed by atoms with van der Waals surface area (Å²) in [6.07, 6.45) is 0. The van der Waals surface area contributed by atoms with Gasteiger partial charge in [0.2, 0.25) is 0 Å². The molecule has 2 nitrogen and oxygen atoms in total. The topological polar surface area (TPSA) is 29.1 Å². The van der Waals surface area contributed by atoms with E-state index in [9.17, 15) is 9.18 Å². The Morgan fingerprint density at radius 2 is 1.95 bits per heavy atom. The molecule has 2 aromatic rings. The number of rotatable bonds is 2. The summed E-state index contributed by atoms with van der Waals surface area (Å²) < 4.78 is 14.1. The molecule has 0 aromatic heterocycles. The maximum Gasteiger partial charge on any atom is 0.258 e. The quantitative estimate of drug-likeness (QED) is 0.786. The number of anilines is 1. The molecule has 0 saturated heterocycles. The highest BCUT2D eigenvalue weighted by Crippen LogP contribution is 2.30. The van der Waals surface area contributed by atoms with Crippen molar-refractivity contribution in [2.24, 2.45) is 0 Å². The van der Waals surface area contributed by atoms with Gasteiger partial charge in [-0.15, -0.1) is 0 Å². The molecule has 98 valence electrons. The van der Waals surface area contributed by atoms with Crippen LogP contribution in [0.15, 0.2) is 40.9 Å². The van der Waals surface area contributed by atoms with Gasteiger partial charge in [-0.2, -0.15) is 0 Å². The van der Waals surface area contributed by atoms with Gasteiger partial charge >= 0.3 is 0 Å². The Kier molecular flexibility index (Phi) is 4.45. The Balaban J connectivity index is 2.31. The molecule has 0 aliphatic heterocycles. The van der Waals surface area contributed by atoms with Crippen LogP contribution >= 0.6 is 39.1 Å². The highest BCUT2D eigenvalue weighted by Gasteiger charge is 2.14. The smallest absolute Gasteiger partial charge is 0.258 e. The Morgan fingerprint density at radius 1 is 1.21 bits per heavy atom. The van der Waals surface area contributed by atoms with Crippen LogP contribution < -0.4 is 5.32 Å². The minimum Gasteiger partial charge on any atom is -0.321 e. The third kappa shape index (κ3) is 3.26. The lowest BCUT2D eigenvalue weighted by Crippen LogP contribution is -2.14. The summed E-state index contributed by atoms with van der Waals surface area (Å²) in [4.78, 5) is 12.0. The second kappa shape index (κ2) is 5.90. The van der Waals surface area contributed by atoms with E-state index in [1.54, 1.807) is 18.2 Å². The number of hydrogen-bond acceptors (Lipinski definition) is 1. The number of nitrogens with one attached hydrogen (secondary N) is 1. The van der Waals surface area contributed by atoms with Crippen molar-refractivity contribution >= 4 is 50.7 Å². The van der Waals surface area contributed by atoms with Crippen molar-refractivity contribution in [2.75, 3.05) is 5.32 Å². The molecule has 1 amide bonds. The molecule has 0 aliphatic carbocycles. The number of amides is 1. The first kappa shape index (κ1) is 14.3. The van der Waals surface area contributed by atoms with E-state index in [2.05, 4.69) is 21.2 Å². The zero-order valence-electron chi connectivity index (χ0n) is 9.38.